The standard InChI is InChI=1S/C18H13F3N4O/c19-12-5-6-15(14(21)9-12)24-18-22-8-7-16(25-18)17(26)23-10-11-3-1-2-4-13(11)20/h1-9H,10H2,(H,23,26)(H,22,24,25). The van der Waals surface area contributed by atoms with Crippen molar-refractivity contribution in [3.63, 3.8) is 0 Å². The molecule has 0 radical (unpaired) electrons. The van der Waals surface area contributed by atoms with Crippen LogP contribution in [0.4, 0.5) is 24.8 Å². The molecule has 8 heteroatoms. The van der Waals surface area contributed by atoms with Crippen LogP contribution in [0, 0.1) is 17.5 Å². The van der Waals surface area contributed by atoms with E-state index < -0.39 is 23.4 Å². The predicted molar refractivity (Wildman–Crippen MR) is 89.2 cm³/mol. The van der Waals surface area contributed by atoms with E-state index >= 15 is 0 Å². The zero-order chi connectivity index (χ0) is 18.5. The summed E-state index contributed by atoms with van der Waals surface area (Å²) in [6.07, 6.45) is 1.31. The molecule has 0 unspecified atom stereocenters. The highest BCUT2D eigenvalue weighted by molar-refractivity contribution is 5.92. The van der Waals surface area contributed by atoms with Crippen molar-refractivity contribution in [2.24, 2.45) is 0 Å². The molecule has 2 aromatic carbocycles. The average molecular weight is 358 g/mol. The Morgan fingerprint density at radius 2 is 1.81 bits per heavy atom. The number of hydrogen-bond acceptors (Lipinski definition) is 4. The molecule has 2 N–H and O–H groups in total. The van der Waals surface area contributed by atoms with Crippen molar-refractivity contribution in [1.82, 2.24) is 15.3 Å². The fraction of sp³-hybridized carbons (Fsp3) is 0.0556. The van der Waals surface area contributed by atoms with Gasteiger partial charge in [-0.2, -0.15) is 0 Å². The Balaban J connectivity index is 1.70. The van der Waals surface area contributed by atoms with Crippen LogP contribution in [0.2, 0.25) is 0 Å². The summed E-state index contributed by atoms with van der Waals surface area (Å²) >= 11 is 0. The molecule has 0 fully saturated rings. The molecule has 132 valence electrons. The van der Waals surface area contributed by atoms with E-state index in [2.05, 4.69) is 20.6 Å². The first-order chi connectivity index (χ1) is 12.5. The molecular formula is C18H13F3N4O. The first kappa shape index (κ1) is 17.4. The first-order valence-corrected chi connectivity index (χ1v) is 7.59. The molecule has 0 saturated heterocycles. The maximum Gasteiger partial charge on any atom is 0.270 e. The number of anilines is 2. The number of hydrogen-bond donors (Lipinski definition) is 2. The Hall–Kier alpha value is -3.42. The van der Waals surface area contributed by atoms with E-state index in [0.29, 0.717) is 11.6 Å². The van der Waals surface area contributed by atoms with Crippen LogP contribution in [0.1, 0.15) is 16.1 Å². The number of halogens is 3. The molecule has 3 rings (SSSR count). The monoisotopic (exact) mass is 358 g/mol. The highest BCUT2D eigenvalue weighted by atomic mass is 19.1. The second-order valence-electron chi connectivity index (χ2n) is 5.29. The summed E-state index contributed by atoms with van der Waals surface area (Å²) in [5, 5.41) is 5.12. The number of nitrogens with zero attached hydrogens (tertiary/aromatic N) is 2. The number of amides is 1. The molecule has 1 aromatic heterocycles. The van der Waals surface area contributed by atoms with Gasteiger partial charge >= 0.3 is 0 Å². The zero-order valence-electron chi connectivity index (χ0n) is 13.3. The molecule has 3 aromatic rings. The number of carbonyl (C=O) groups excluding carboxylic acids is 1. The lowest BCUT2D eigenvalue weighted by molar-refractivity contribution is 0.0945. The molecule has 1 heterocycles. The van der Waals surface area contributed by atoms with Crippen LogP contribution < -0.4 is 10.6 Å². The van der Waals surface area contributed by atoms with E-state index in [1.165, 1.54) is 24.4 Å². The third kappa shape index (κ3) is 4.15. The maximum absolute atomic E-state index is 13.7. The molecule has 0 aliphatic carbocycles. The van der Waals surface area contributed by atoms with Crippen LogP contribution in [0.15, 0.2) is 54.7 Å². The van der Waals surface area contributed by atoms with Gasteiger partial charge < -0.3 is 10.6 Å². The summed E-state index contributed by atoms with van der Waals surface area (Å²) in [7, 11) is 0. The molecule has 0 aliphatic rings. The maximum atomic E-state index is 13.7. The molecule has 0 spiro atoms. The van der Waals surface area contributed by atoms with Gasteiger partial charge in [-0.3, -0.25) is 4.79 Å². The minimum Gasteiger partial charge on any atom is -0.347 e. The van der Waals surface area contributed by atoms with Gasteiger partial charge in [0.25, 0.3) is 5.91 Å². The van der Waals surface area contributed by atoms with Crippen molar-refractivity contribution >= 4 is 17.5 Å². The summed E-state index contributed by atoms with van der Waals surface area (Å²) < 4.78 is 40.2. The van der Waals surface area contributed by atoms with E-state index in [1.807, 2.05) is 0 Å². The van der Waals surface area contributed by atoms with Crippen molar-refractivity contribution in [1.29, 1.82) is 0 Å². The molecule has 0 bridgehead atoms. The minimum atomic E-state index is -0.817. The fourth-order valence-corrected chi connectivity index (χ4v) is 2.16. The Kier molecular flexibility index (Phi) is 5.12. The van der Waals surface area contributed by atoms with Gasteiger partial charge in [0, 0.05) is 24.4 Å². The van der Waals surface area contributed by atoms with Crippen molar-refractivity contribution < 1.29 is 18.0 Å². The number of nitrogens with one attached hydrogen (secondary N) is 2. The van der Waals surface area contributed by atoms with E-state index in [4.69, 9.17) is 0 Å². The summed E-state index contributed by atoms with van der Waals surface area (Å²) in [5.41, 5.74) is 0.318. The van der Waals surface area contributed by atoms with Gasteiger partial charge in [0.15, 0.2) is 0 Å². The average Bonchev–Trinajstić information content (AvgIpc) is 2.63. The molecule has 0 saturated carbocycles. The van der Waals surface area contributed by atoms with Gasteiger partial charge in [-0.1, -0.05) is 18.2 Å². The van der Waals surface area contributed by atoms with Crippen LogP contribution in [0.3, 0.4) is 0 Å². The normalized spacial score (nSPS) is 10.4. The topological polar surface area (TPSA) is 66.9 Å². The van der Waals surface area contributed by atoms with Crippen molar-refractivity contribution in [2.75, 3.05) is 5.32 Å². The predicted octanol–water partition coefficient (Wildman–Crippen LogP) is 3.57. The van der Waals surface area contributed by atoms with E-state index in [-0.39, 0.29) is 23.9 Å². The first-order valence-electron chi connectivity index (χ1n) is 7.59. The molecule has 5 nitrogen and oxygen atoms in total. The van der Waals surface area contributed by atoms with Gasteiger partial charge in [-0.05, 0) is 24.3 Å². The number of rotatable bonds is 5. The van der Waals surface area contributed by atoms with Crippen molar-refractivity contribution in [3.05, 3.63) is 83.4 Å². The number of aromatic nitrogens is 2. The lowest BCUT2D eigenvalue weighted by atomic mass is 10.2. The molecule has 26 heavy (non-hydrogen) atoms. The van der Waals surface area contributed by atoms with Gasteiger partial charge in [-0.25, -0.2) is 23.1 Å². The Labute approximate surface area is 146 Å². The Bertz CT molecular complexity index is 949. The highest BCUT2D eigenvalue weighted by Crippen LogP contribution is 2.18. The second kappa shape index (κ2) is 7.64. The molecule has 1 amide bonds. The van der Waals surface area contributed by atoms with Gasteiger partial charge in [0.05, 0.1) is 5.69 Å². The Morgan fingerprint density at radius 3 is 2.58 bits per heavy atom. The van der Waals surface area contributed by atoms with Crippen LogP contribution in [0.5, 0.6) is 0 Å². The van der Waals surface area contributed by atoms with Crippen LogP contribution in [-0.2, 0) is 6.54 Å². The fourth-order valence-electron chi connectivity index (χ4n) is 2.16. The van der Waals surface area contributed by atoms with Crippen LogP contribution in [0.25, 0.3) is 0 Å². The van der Waals surface area contributed by atoms with Crippen molar-refractivity contribution in [2.45, 2.75) is 6.54 Å². The summed E-state index contributed by atoms with van der Waals surface area (Å²) in [6.45, 7) is -0.00907. The Morgan fingerprint density at radius 1 is 1.00 bits per heavy atom. The third-order valence-corrected chi connectivity index (χ3v) is 3.46. The third-order valence-electron chi connectivity index (χ3n) is 3.46. The van der Waals surface area contributed by atoms with Crippen molar-refractivity contribution in [3.8, 4) is 0 Å². The largest absolute Gasteiger partial charge is 0.347 e. The number of benzene rings is 2. The quantitative estimate of drug-likeness (QED) is 0.732. The summed E-state index contributed by atoms with van der Waals surface area (Å²) in [5.74, 6) is -2.53. The SMILES string of the molecule is O=C(NCc1ccccc1F)c1ccnc(Nc2ccc(F)cc2F)n1. The van der Waals surface area contributed by atoms with E-state index in [9.17, 15) is 18.0 Å². The molecule has 0 aliphatic heterocycles. The lowest BCUT2D eigenvalue weighted by Gasteiger charge is -2.08. The molecule has 0 atom stereocenters. The lowest BCUT2D eigenvalue weighted by Crippen LogP contribution is -2.24. The van der Waals surface area contributed by atoms with Crippen LogP contribution >= 0.6 is 0 Å². The highest BCUT2D eigenvalue weighted by Gasteiger charge is 2.11. The minimum absolute atomic E-state index is 0.00907. The van der Waals surface area contributed by atoms with E-state index in [0.717, 1.165) is 6.07 Å². The summed E-state index contributed by atoms with van der Waals surface area (Å²) in [6, 6.07) is 10.4. The van der Waals surface area contributed by atoms with E-state index in [1.54, 1.807) is 18.2 Å². The zero-order valence-corrected chi connectivity index (χ0v) is 13.3. The van der Waals surface area contributed by atoms with Gasteiger partial charge in [-0.15, -0.1) is 0 Å². The molecular weight excluding hydrogens is 345 g/mol. The summed E-state index contributed by atoms with van der Waals surface area (Å²) in [4.78, 5) is 20.0. The smallest absolute Gasteiger partial charge is 0.270 e. The van der Waals surface area contributed by atoms with Gasteiger partial charge in [0.1, 0.15) is 23.1 Å². The van der Waals surface area contributed by atoms with Crippen LogP contribution in [-0.4, -0.2) is 15.9 Å². The number of carbonyl (C=O) groups is 1. The second-order valence-corrected chi connectivity index (χ2v) is 5.29. The van der Waals surface area contributed by atoms with Gasteiger partial charge in [0.2, 0.25) is 5.95 Å².